The van der Waals surface area contributed by atoms with Gasteiger partial charge in [0, 0.05) is 17.7 Å². The van der Waals surface area contributed by atoms with Gasteiger partial charge in [0.25, 0.3) is 5.91 Å². The minimum Gasteiger partial charge on any atom is -0.473 e. The topological polar surface area (TPSA) is 193 Å². The zero-order valence-electron chi connectivity index (χ0n) is 32.4. The van der Waals surface area contributed by atoms with Crippen molar-refractivity contribution < 1.29 is 37.1 Å². The third kappa shape index (κ3) is 7.59. The van der Waals surface area contributed by atoms with Gasteiger partial charge in [-0.15, -0.1) is 6.58 Å². The van der Waals surface area contributed by atoms with Crippen molar-refractivity contribution in [3.8, 4) is 5.88 Å². The lowest BCUT2D eigenvalue weighted by Crippen LogP contribution is -2.59. The molecule has 2 aromatic rings. The lowest BCUT2D eigenvalue weighted by Gasteiger charge is -2.32. The van der Waals surface area contributed by atoms with Gasteiger partial charge in [-0.05, 0) is 102 Å². The second-order valence-electron chi connectivity index (χ2n) is 17.2. The normalized spacial score (nSPS) is 31.5. The monoisotopic (exact) mass is 803 g/mol. The van der Waals surface area contributed by atoms with Crippen LogP contribution in [0.2, 0.25) is 0 Å². The van der Waals surface area contributed by atoms with E-state index < -0.39 is 68.2 Å². The van der Waals surface area contributed by atoms with Crippen molar-refractivity contribution in [2.45, 2.75) is 131 Å². The van der Waals surface area contributed by atoms with E-state index in [2.05, 4.69) is 26.9 Å². The number of hydrogen-bond donors (Lipinski definition) is 4. The molecule has 4 N–H and O–H groups in total. The number of amides is 4. The van der Waals surface area contributed by atoms with E-state index in [9.17, 15) is 32.4 Å². The van der Waals surface area contributed by atoms with Gasteiger partial charge in [0.15, 0.2) is 11.3 Å². The Labute approximate surface area is 332 Å². The molecule has 2 bridgehead atoms. The Hall–Kier alpha value is -4.66. The summed E-state index contributed by atoms with van der Waals surface area (Å²) < 4.78 is 40.0. The van der Waals surface area contributed by atoms with Crippen molar-refractivity contribution in [3.05, 3.63) is 64.9 Å². The molecule has 6 aliphatic rings. The van der Waals surface area contributed by atoms with Gasteiger partial charge < -0.3 is 30.0 Å². The summed E-state index contributed by atoms with van der Waals surface area (Å²) in [5, 5.41) is 6.28. The average Bonchev–Trinajstić information content (AvgIpc) is 3.81. The molecule has 0 spiro atoms. The number of rotatable bonds is 7. The Kier molecular flexibility index (Phi) is 10.5. The lowest BCUT2D eigenvalue weighted by atomic mass is 9.96. The van der Waals surface area contributed by atoms with Gasteiger partial charge in [-0.3, -0.25) is 23.9 Å². The number of aromatic nitrogens is 1. The van der Waals surface area contributed by atoms with Crippen molar-refractivity contribution in [3.63, 3.8) is 0 Å². The molecular weight excluding hydrogens is 751 g/mol. The van der Waals surface area contributed by atoms with E-state index in [0.717, 1.165) is 44.9 Å². The lowest BCUT2D eigenvalue weighted by molar-refractivity contribution is -0.142. The van der Waals surface area contributed by atoms with Crippen LogP contribution in [0.25, 0.3) is 10.9 Å². The summed E-state index contributed by atoms with van der Waals surface area (Å²) in [6.45, 7) is 5.33. The first-order chi connectivity index (χ1) is 27.3. The van der Waals surface area contributed by atoms with Crippen LogP contribution in [0.4, 0.5) is 4.79 Å². The highest BCUT2D eigenvalue weighted by atomic mass is 32.2. The van der Waals surface area contributed by atoms with E-state index in [1.807, 2.05) is 18.2 Å². The fraction of sp³-hybridized carbons (Fsp3) is 0.595. The predicted molar refractivity (Wildman–Crippen MR) is 212 cm³/mol. The molecule has 0 unspecified atom stereocenters. The maximum absolute atomic E-state index is 14.9. The number of carbonyl (C=O) groups is 4. The first-order valence-electron chi connectivity index (χ1n) is 20.6. The first-order valence-corrected chi connectivity index (χ1v) is 22.1. The van der Waals surface area contributed by atoms with E-state index in [1.54, 1.807) is 25.1 Å². The molecule has 15 heteroatoms. The van der Waals surface area contributed by atoms with Gasteiger partial charge in [-0.2, -0.15) is 0 Å². The van der Waals surface area contributed by atoms with Crippen molar-refractivity contribution >= 4 is 44.7 Å². The molecule has 0 radical (unpaired) electrons. The van der Waals surface area contributed by atoms with Crippen molar-refractivity contribution in [2.75, 3.05) is 6.54 Å². The zero-order valence-corrected chi connectivity index (χ0v) is 33.2. The summed E-state index contributed by atoms with van der Waals surface area (Å²) in [6, 6.07) is 5.03. The number of sulfonamides is 1. The van der Waals surface area contributed by atoms with Gasteiger partial charge in [0.2, 0.25) is 21.8 Å². The highest BCUT2D eigenvalue weighted by Gasteiger charge is 2.63. The Morgan fingerprint density at radius 1 is 0.982 bits per heavy atom. The Balaban J connectivity index is 1.14. The number of alkyl carbamates (subject to hydrolysis) is 1. The Bertz CT molecular complexity index is 2160. The molecule has 306 valence electrons. The molecule has 1 aromatic carbocycles. The summed E-state index contributed by atoms with van der Waals surface area (Å²) in [5.41, 5.74) is -0.761. The van der Waals surface area contributed by atoms with Gasteiger partial charge in [-0.25, -0.2) is 13.2 Å². The molecule has 3 heterocycles. The smallest absolute Gasteiger partial charge is 0.408 e. The summed E-state index contributed by atoms with van der Waals surface area (Å²) >= 11 is 0. The summed E-state index contributed by atoms with van der Waals surface area (Å²) in [4.78, 5) is 75.4. The number of para-hydroxylation sites is 1. The number of benzene rings is 1. The molecule has 1 aromatic heterocycles. The number of H-pyrrole nitrogens is 1. The van der Waals surface area contributed by atoms with Crippen molar-refractivity contribution in [1.82, 2.24) is 25.2 Å². The third-order valence-corrected chi connectivity index (χ3v) is 15.6. The molecule has 5 fully saturated rings. The fourth-order valence-electron chi connectivity index (χ4n) is 9.47. The quantitative estimate of drug-likeness (QED) is 0.296. The first kappa shape index (κ1) is 39.2. The maximum atomic E-state index is 14.9. The van der Waals surface area contributed by atoms with E-state index in [1.165, 1.54) is 11.0 Å². The van der Waals surface area contributed by atoms with E-state index >= 15 is 0 Å². The largest absolute Gasteiger partial charge is 0.473 e. The SMILES string of the molecule is C=C[C@@H]1C[C@]1(NC(=O)[C@@H]1C[C@@H]2CN1C(=O)[C@H](C1CCCC1)NC(=O)O[C@@H]1CCC[C@H]1CCC=CCc1c([nH]c3ccccc3c1=O)O2)C(=O)NS(=O)(=O)C1(C)CC1. The molecule has 4 saturated carbocycles. The molecular formula is C42H53N5O9S. The fourth-order valence-corrected chi connectivity index (χ4v) is 10.8. The van der Waals surface area contributed by atoms with Gasteiger partial charge in [0.1, 0.15) is 29.8 Å². The molecule has 57 heavy (non-hydrogen) atoms. The van der Waals surface area contributed by atoms with Crippen molar-refractivity contribution in [1.29, 1.82) is 0 Å². The molecule has 4 amide bonds. The highest BCUT2D eigenvalue weighted by molar-refractivity contribution is 7.91. The number of allylic oxidation sites excluding steroid dienone is 2. The number of ether oxygens (including phenoxy) is 2. The van der Waals surface area contributed by atoms with Crippen LogP contribution in [0.1, 0.15) is 96.0 Å². The highest BCUT2D eigenvalue weighted by Crippen LogP contribution is 2.47. The zero-order chi connectivity index (χ0) is 40.1. The van der Waals surface area contributed by atoms with Crippen LogP contribution in [0.3, 0.4) is 0 Å². The number of aromatic amines is 1. The predicted octanol–water partition coefficient (Wildman–Crippen LogP) is 4.28. The molecule has 7 atom stereocenters. The van der Waals surface area contributed by atoms with E-state index in [0.29, 0.717) is 42.1 Å². The van der Waals surface area contributed by atoms with Crippen LogP contribution in [0, 0.1) is 17.8 Å². The number of fused-ring (bicyclic) bond motifs is 5. The Morgan fingerprint density at radius 2 is 1.74 bits per heavy atom. The molecule has 8 rings (SSSR count). The molecule has 4 aliphatic carbocycles. The summed E-state index contributed by atoms with van der Waals surface area (Å²) in [5.74, 6) is -2.30. The van der Waals surface area contributed by atoms with Gasteiger partial charge >= 0.3 is 6.09 Å². The second kappa shape index (κ2) is 15.3. The van der Waals surface area contributed by atoms with E-state index in [4.69, 9.17) is 9.47 Å². The van der Waals surface area contributed by atoms with Crippen LogP contribution in [0.15, 0.2) is 53.9 Å². The van der Waals surface area contributed by atoms with Crippen LogP contribution in [-0.2, 0) is 35.6 Å². The number of pyridine rings is 1. The van der Waals surface area contributed by atoms with E-state index in [-0.39, 0.29) is 55.1 Å². The minimum atomic E-state index is -4.01. The van der Waals surface area contributed by atoms with Crippen LogP contribution in [-0.4, -0.2) is 83.2 Å². The number of nitrogens with zero attached hydrogens (tertiary/aromatic N) is 1. The third-order valence-electron chi connectivity index (χ3n) is 13.4. The number of hydrogen-bond acceptors (Lipinski definition) is 9. The standard InChI is InChI=1S/C42H53N5O9S/c1-3-27-23-42(27,39(51)46-57(53,54)41(2)20-21-41)45-36(49)32-22-28-24-47(32)38(50)34(26-13-7-8-14-26)44-40(52)56-33-19-11-15-25(33)12-5-4-6-17-30-35(48)29-16-9-10-18-31(29)43-37(30)55-28/h3-4,6,9-10,16,18,25-28,32-34H,1,5,7-8,11-15,17,19-24H2,2H3,(H,43,48)(H,44,52)(H,45,49)(H,46,51)/t25-,27-,28-,32+,33-,34+,42-/m1/s1. The Morgan fingerprint density at radius 3 is 2.47 bits per heavy atom. The van der Waals surface area contributed by atoms with Crippen molar-refractivity contribution in [2.24, 2.45) is 17.8 Å². The number of carbonyl (C=O) groups excluding carboxylic acids is 4. The second-order valence-corrected chi connectivity index (χ2v) is 19.4. The molecule has 14 nitrogen and oxygen atoms in total. The summed E-state index contributed by atoms with van der Waals surface area (Å²) in [7, 11) is -4.01. The molecule has 2 aliphatic heterocycles. The van der Waals surface area contributed by atoms with Crippen LogP contribution < -0.4 is 25.5 Å². The molecule has 1 saturated heterocycles. The van der Waals surface area contributed by atoms with Crippen LogP contribution in [0.5, 0.6) is 5.88 Å². The maximum Gasteiger partial charge on any atom is 0.408 e. The number of nitrogens with one attached hydrogen (secondary N) is 4. The average molecular weight is 804 g/mol. The van der Waals surface area contributed by atoms with Gasteiger partial charge in [-0.1, -0.05) is 43.2 Å². The van der Waals surface area contributed by atoms with Gasteiger partial charge in [0.05, 0.1) is 22.4 Å². The minimum absolute atomic E-state index is 0.000121. The summed E-state index contributed by atoms with van der Waals surface area (Å²) in [6.07, 6.45) is 12.4. The van der Waals surface area contributed by atoms with Crippen LogP contribution >= 0.6 is 0 Å².